The number of aryl methyl sites for hydroxylation is 1. The van der Waals surface area contributed by atoms with Crippen molar-refractivity contribution in [1.29, 1.82) is 0 Å². The van der Waals surface area contributed by atoms with E-state index >= 15 is 0 Å². The molecule has 7 heteroatoms. The van der Waals surface area contributed by atoms with E-state index in [-0.39, 0.29) is 12.1 Å². The normalized spacial score (nSPS) is 12.3. The predicted molar refractivity (Wildman–Crippen MR) is 90.4 cm³/mol. The topological polar surface area (TPSA) is 55.4 Å². The number of hydrogen-bond acceptors (Lipinski definition) is 3. The van der Waals surface area contributed by atoms with Crippen molar-refractivity contribution in [3.8, 4) is 0 Å². The minimum Gasteiger partial charge on any atom is -0.453 e. The van der Waals surface area contributed by atoms with Crippen LogP contribution in [-0.4, -0.2) is 18.0 Å². The first-order valence-electron chi connectivity index (χ1n) is 7.97. The highest BCUT2D eigenvalue weighted by Crippen LogP contribution is 2.30. The molecule has 0 aliphatic rings. The molecular weight excluding hydrogens is 347 g/mol. The SMILES string of the molecule is C[C@H](OC(=O)CCc1ccccc1)C(=O)Nc1cccc(C(F)(F)F)c1. The van der Waals surface area contributed by atoms with Crippen molar-refractivity contribution in [2.24, 2.45) is 0 Å². The third kappa shape index (κ3) is 5.91. The van der Waals surface area contributed by atoms with E-state index in [0.717, 1.165) is 17.7 Å². The number of hydrogen-bond donors (Lipinski definition) is 1. The molecule has 1 amide bonds. The van der Waals surface area contributed by atoms with E-state index in [1.807, 2.05) is 30.3 Å². The molecule has 0 fully saturated rings. The zero-order valence-electron chi connectivity index (χ0n) is 14.0. The van der Waals surface area contributed by atoms with Crippen LogP contribution >= 0.6 is 0 Å². The lowest BCUT2D eigenvalue weighted by Crippen LogP contribution is -2.30. The van der Waals surface area contributed by atoms with E-state index in [9.17, 15) is 22.8 Å². The van der Waals surface area contributed by atoms with Gasteiger partial charge in [-0.3, -0.25) is 9.59 Å². The van der Waals surface area contributed by atoms with Crippen LogP contribution in [0.4, 0.5) is 18.9 Å². The quantitative estimate of drug-likeness (QED) is 0.781. The molecule has 0 aliphatic carbocycles. The highest BCUT2D eigenvalue weighted by atomic mass is 19.4. The first-order chi connectivity index (χ1) is 12.3. The second-order valence-corrected chi connectivity index (χ2v) is 5.69. The number of rotatable bonds is 6. The van der Waals surface area contributed by atoms with Gasteiger partial charge in [-0.1, -0.05) is 36.4 Å². The van der Waals surface area contributed by atoms with Crippen LogP contribution < -0.4 is 5.32 Å². The maximum Gasteiger partial charge on any atom is 0.416 e. The minimum atomic E-state index is -4.50. The molecule has 0 radical (unpaired) electrons. The molecule has 0 aromatic heterocycles. The van der Waals surface area contributed by atoms with Gasteiger partial charge in [0.25, 0.3) is 5.91 Å². The Labute approximate surface area is 149 Å². The highest BCUT2D eigenvalue weighted by Gasteiger charge is 2.30. The standard InChI is InChI=1S/C19H18F3NO3/c1-13(26-17(24)11-10-14-6-3-2-4-7-14)18(25)23-16-9-5-8-15(12-16)19(20,21)22/h2-9,12-13H,10-11H2,1H3,(H,23,25)/t13-/m0/s1. The van der Waals surface area contributed by atoms with Crippen molar-refractivity contribution in [1.82, 2.24) is 0 Å². The van der Waals surface area contributed by atoms with Gasteiger partial charge in [-0.05, 0) is 37.1 Å². The number of nitrogens with one attached hydrogen (secondary N) is 1. The Bertz CT molecular complexity index is 760. The molecule has 2 aromatic rings. The number of alkyl halides is 3. The molecule has 0 saturated heterocycles. The molecule has 0 aliphatic heterocycles. The fourth-order valence-electron chi connectivity index (χ4n) is 2.22. The van der Waals surface area contributed by atoms with Gasteiger partial charge >= 0.3 is 12.1 Å². The van der Waals surface area contributed by atoms with Crippen LogP contribution in [0.3, 0.4) is 0 Å². The molecule has 0 spiro atoms. The van der Waals surface area contributed by atoms with Gasteiger partial charge < -0.3 is 10.1 Å². The van der Waals surface area contributed by atoms with Crippen LogP contribution in [0.5, 0.6) is 0 Å². The Kier molecular flexibility index (Phi) is 6.38. The summed E-state index contributed by atoms with van der Waals surface area (Å²) in [6.45, 7) is 1.36. The summed E-state index contributed by atoms with van der Waals surface area (Å²) in [5.41, 5.74) is 0.0744. The predicted octanol–water partition coefficient (Wildman–Crippen LogP) is 4.21. The molecule has 26 heavy (non-hydrogen) atoms. The van der Waals surface area contributed by atoms with E-state index in [1.54, 1.807) is 0 Å². The van der Waals surface area contributed by atoms with Crippen molar-refractivity contribution in [2.75, 3.05) is 5.32 Å². The van der Waals surface area contributed by atoms with Crippen molar-refractivity contribution >= 4 is 17.6 Å². The number of ether oxygens (including phenoxy) is 1. The van der Waals surface area contributed by atoms with Gasteiger partial charge in [-0.25, -0.2) is 0 Å². The molecule has 1 N–H and O–H groups in total. The highest BCUT2D eigenvalue weighted by molar-refractivity contribution is 5.95. The van der Waals surface area contributed by atoms with E-state index in [1.165, 1.54) is 19.1 Å². The zero-order valence-corrected chi connectivity index (χ0v) is 14.0. The van der Waals surface area contributed by atoms with Crippen LogP contribution in [0.15, 0.2) is 54.6 Å². The van der Waals surface area contributed by atoms with Crippen molar-refractivity contribution in [3.05, 3.63) is 65.7 Å². The van der Waals surface area contributed by atoms with E-state index in [0.29, 0.717) is 6.42 Å². The molecule has 138 valence electrons. The van der Waals surface area contributed by atoms with Crippen LogP contribution in [-0.2, 0) is 26.9 Å². The Morgan fingerprint density at radius 2 is 1.77 bits per heavy atom. The summed E-state index contributed by atoms with van der Waals surface area (Å²) < 4.78 is 43.1. The molecule has 0 heterocycles. The first kappa shape index (κ1) is 19.5. The number of carbonyl (C=O) groups is 2. The molecule has 0 bridgehead atoms. The summed E-state index contributed by atoms with van der Waals surface area (Å²) in [7, 11) is 0. The van der Waals surface area contributed by atoms with Gasteiger partial charge in [0.1, 0.15) is 0 Å². The van der Waals surface area contributed by atoms with Gasteiger partial charge in [0.2, 0.25) is 0 Å². The Morgan fingerprint density at radius 3 is 2.42 bits per heavy atom. The van der Waals surface area contributed by atoms with E-state index < -0.39 is 29.7 Å². The third-order valence-electron chi connectivity index (χ3n) is 3.60. The van der Waals surface area contributed by atoms with Crippen molar-refractivity contribution in [3.63, 3.8) is 0 Å². The average molecular weight is 365 g/mol. The number of anilines is 1. The summed E-state index contributed by atoms with van der Waals surface area (Å²) in [5, 5.41) is 2.32. The number of amides is 1. The monoisotopic (exact) mass is 365 g/mol. The van der Waals surface area contributed by atoms with Crippen LogP contribution in [0.1, 0.15) is 24.5 Å². The first-order valence-corrected chi connectivity index (χ1v) is 7.97. The lowest BCUT2D eigenvalue weighted by atomic mass is 10.1. The lowest BCUT2D eigenvalue weighted by molar-refractivity contribution is -0.153. The maximum absolute atomic E-state index is 12.7. The van der Waals surface area contributed by atoms with Gasteiger partial charge in [-0.2, -0.15) is 13.2 Å². The third-order valence-corrected chi connectivity index (χ3v) is 3.60. The van der Waals surface area contributed by atoms with E-state index in [4.69, 9.17) is 4.74 Å². The van der Waals surface area contributed by atoms with Gasteiger partial charge in [-0.15, -0.1) is 0 Å². The second-order valence-electron chi connectivity index (χ2n) is 5.69. The molecule has 2 aromatic carbocycles. The lowest BCUT2D eigenvalue weighted by Gasteiger charge is -2.14. The summed E-state index contributed by atoms with van der Waals surface area (Å²) >= 11 is 0. The molecule has 4 nitrogen and oxygen atoms in total. The smallest absolute Gasteiger partial charge is 0.416 e. The number of halogens is 3. The largest absolute Gasteiger partial charge is 0.453 e. The van der Waals surface area contributed by atoms with Gasteiger partial charge in [0.15, 0.2) is 6.10 Å². The number of benzene rings is 2. The summed E-state index contributed by atoms with van der Waals surface area (Å²) in [4.78, 5) is 23.8. The van der Waals surface area contributed by atoms with Crippen molar-refractivity contribution < 1.29 is 27.5 Å². The molecule has 0 saturated carbocycles. The fraction of sp³-hybridized carbons (Fsp3) is 0.263. The Hall–Kier alpha value is -2.83. The summed E-state index contributed by atoms with van der Waals surface area (Å²) in [6, 6.07) is 13.6. The average Bonchev–Trinajstić information content (AvgIpc) is 2.60. The molecule has 0 unspecified atom stereocenters. The molecule has 1 atom stereocenters. The van der Waals surface area contributed by atoms with Crippen LogP contribution in [0, 0.1) is 0 Å². The number of esters is 1. The van der Waals surface area contributed by atoms with Crippen LogP contribution in [0.2, 0.25) is 0 Å². The zero-order chi connectivity index (χ0) is 19.2. The number of carbonyl (C=O) groups excluding carboxylic acids is 2. The summed E-state index contributed by atoms with van der Waals surface area (Å²) in [6.07, 6.45) is -5.05. The van der Waals surface area contributed by atoms with E-state index in [2.05, 4.69) is 5.32 Å². The molecule has 2 rings (SSSR count). The summed E-state index contributed by atoms with van der Waals surface area (Å²) in [5.74, 6) is -1.25. The fourth-order valence-corrected chi connectivity index (χ4v) is 2.22. The maximum atomic E-state index is 12.7. The Morgan fingerprint density at radius 1 is 1.08 bits per heavy atom. The minimum absolute atomic E-state index is 0.0167. The van der Waals surface area contributed by atoms with Crippen LogP contribution in [0.25, 0.3) is 0 Å². The van der Waals surface area contributed by atoms with Gasteiger partial charge in [0, 0.05) is 12.1 Å². The second kappa shape index (κ2) is 8.51. The van der Waals surface area contributed by atoms with Crippen molar-refractivity contribution in [2.45, 2.75) is 32.0 Å². The molecular formula is C19H18F3NO3. The van der Waals surface area contributed by atoms with Gasteiger partial charge in [0.05, 0.1) is 5.56 Å². The Balaban J connectivity index is 1.86.